The van der Waals surface area contributed by atoms with Crippen molar-refractivity contribution in [3.8, 4) is 0 Å². The number of rotatable bonds is 0. The summed E-state index contributed by atoms with van der Waals surface area (Å²) in [4.78, 5) is 5.24. The average Bonchev–Trinajstić information content (AvgIpc) is 2.22. The fraction of sp³-hybridized carbons (Fsp3) is 0.167. The standard InChI is InChI=1S/C6H5N2S/c1-5-4-8-2-3-9-6(8)7-5/h3-4H,1H3. The molecule has 0 spiro atoms. The maximum Gasteiger partial charge on any atom is 0.194 e. The Hall–Kier alpha value is -0.830. The van der Waals surface area contributed by atoms with Gasteiger partial charge in [-0.25, -0.2) is 4.98 Å². The Labute approximate surface area is 56.8 Å². The minimum atomic E-state index is 1.02. The molecule has 0 aromatic carbocycles. The molecule has 0 N–H and O–H groups in total. The second kappa shape index (κ2) is 1.57. The highest BCUT2D eigenvalue weighted by Gasteiger charge is 1.95. The summed E-state index contributed by atoms with van der Waals surface area (Å²) in [6, 6.07) is 0. The molecule has 1 radical (unpaired) electrons. The number of fused-ring (bicyclic) bond motifs is 1. The van der Waals surface area contributed by atoms with Gasteiger partial charge in [-0.2, -0.15) is 0 Å². The summed E-state index contributed by atoms with van der Waals surface area (Å²) in [6.45, 7) is 1.98. The van der Waals surface area contributed by atoms with E-state index in [9.17, 15) is 0 Å². The molecule has 0 unspecified atom stereocenters. The molecule has 2 nitrogen and oxygen atoms in total. The number of hydrogen-bond acceptors (Lipinski definition) is 2. The van der Waals surface area contributed by atoms with Crippen LogP contribution >= 0.6 is 11.3 Å². The molecule has 0 bridgehead atoms. The number of aryl methyl sites for hydroxylation is 1. The van der Waals surface area contributed by atoms with Gasteiger partial charge < -0.3 is 0 Å². The van der Waals surface area contributed by atoms with Crippen LogP contribution in [0.5, 0.6) is 0 Å². The molecule has 0 atom stereocenters. The van der Waals surface area contributed by atoms with E-state index >= 15 is 0 Å². The smallest absolute Gasteiger partial charge is 0.194 e. The molecule has 2 aromatic heterocycles. The van der Waals surface area contributed by atoms with E-state index < -0.39 is 0 Å². The van der Waals surface area contributed by atoms with Crippen molar-refractivity contribution in [2.45, 2.75) is 6.92 Å². The molecule has 0 fully saturated rings. The first-order chi connectivity index (χ1) is 4.36. The van der Waals surface area contributed by atoms with Crippen LogP contribution in [0, 0.1) is 13.1 Å². The summed E-state index contributed by atoms with van der Waals surface area (Å²) in [6.07, 6.45) is 4.98. The van der Waals surface area contributed by atoms with Crippen LogP contribution in [-0.4, -0.2) is 9.38 Å². The third-order valence-corrected chi connectivity index (χ3v) is 1.87. The lowest BCUT2D eigenvalue weighted by Crippen LogP contribution is -1.67. The summed E-state index contributed by atoms with van der Waals surface area (Å²) < 4.78 is 1.90. The third kappa shape index (κ3) is 0.650. The van der Waals surface area contributed by atoms with Crippen molar-refractivity contribution >= 4 is 16.3 Å². The summed E-state index contributed by atoms with van der Waals surface area (Å²) >= 11 is 1.60. The molecule has 3 heteroatoms. The predicted molar refractivity (Wildman–Crippen MR) is 36.6 cm³/mol. The summed E-state index contributed by atoms with van der Waals surface area (Å²) in [7, 11) is 0. The molecule has 0 saturated heterocycles. The SMILES string of the molecule is Cc1cn2[c]csc2n1. The maximum atomic E-state index is 4.22. The fourth-order valence-corrected chi connectivity index (χ4v) is 1.47. The van der Waals surface area contributed by atoms with Crippen LogP contribution in [-0.2, 0) is 0 Å². The number of hydrogen-bond donors (Lipinski definition) is 0. The zero-order chi connectivity index (χ0) is 6.27. The Morgan fingerprint density at radius 1 is 1.78 bits per heavy atom. The zero-order valence-corrected chi connectivity index (χ0v) is 5.77. The van der Waals surface area contributed by atoms with E-state index in [1.807, 2.05) is 22.9 Å². The lowest BCUT2D eigenvalue weighted by Gasteiger charge is -1.71. The summed E-state index contributed by atoms with van der Waals surface area (Å²) in [5, 5.41) is 1.90. The van der Waals surface area contributed by atoms with Crippen LogP contribution in [0.2, 0.25) is 0 Å². The van der Waals surface area contributed by atoms with Gasteiger partial charge in [-0.3, -0.25) is 4.40 Å². The van der Waals surface area contributed by atoms with Crippen LogP contribution < -0.4 is 0 Å². The van der Waals surface area contributed by atoms with Crippen molar-refractivity contribution < 1.29 is 0 Å². The number of aromatic nitrogens is 2. The van der Waals surface area contributed by atoms with Gasteiger partial charge in [-0.05, 0) is 6.92 Å². The molecular weight excluding hydrogens is 132 g/mol. The Morgan fingerprint density at radius 3 is 3.44 bits per heavy atom. The number of nitrogens with zero attached hydrogens (tertiary/aromatic N) is 2. The van der Waals surface area contributed by atoms with Crippen LogP contribution in [0.15, 0.2) is 11.6 Å². The number of thiazole rings is 1. The van der Waals surface area contributed by atoms with E-state index in [2.05, 4.69) is 11.2 Å². The molecule has 2 rings (SSSR count). The van der Waals surface area contributed by atoms with Crippen molar-refractivity contribution in [1.82, 2.24) is 9.38 Å². The molecule has 0 saturated carbocycles. The van der Waals surface area contributed by atoms with Crippen molar-refractivity contribution in [2.75, 3.05) is 0 Å². The molecule has 0 aliphatic carbocycles. The molecule has 9 heavy (non-hydrogen) atoms. The van der Waals surface area contributed by atoms with E-state index in [0.29, 0.717) is 0 Å². The summed E-state index contributed by atoms with van der Waals surface area (Å²) in [5.41, 5.74) is 1.05. The van der Waals surface area contributed by atoms with Gasteiger partial charge in [0.05, 0.1) is 11.9 Å². The van der Waals surface area contributed by atoms with Gasteiger partial charge in [-0.15, -0.1) is 11.3 Å². The monoisotopic (exact) mass is 137 g/mol. The lowest BCUT2D eigenvalue weighted by atomic mass is 10.6. The van der Waals surface area contributed by atoms with E-state index in [4.69, 9.17) is 0 Å². The van der Waals surface area contributed by atoms with Crippen molar-refractivity contribution in [3.63, 3.8) is 0 Å². The van der Waals surface area contributed by atoms with Crippen LogP contribution in [0.1, 0.15) is 5.69 Å². The minimum absolute atomic E-state index is 1.02. The van der Waals surface area contributed by atoms with Crippen molar-refractivity contribution in [2.24, 2.45) is 0 Å². The first-order valence-corrected chi connectivity index (χ1v) is 3.55. The second-order valence-electron chi connectivity index (χ2n) is 1.90. The predicted octanol–water partition coefficient (Wildman–Crippen LogP) is 1.50. The molecule has 0 aliphatic rings. The van der Waals surface area contributed by atoms with E-state index in [0.717, 1.165) is 10.7 Å². The highest BCUT2D eigenvalue weighted by molar-refractivity contribution is 7.15. The lowest BCUT2D eigenvalue weighted by molar-refractivity contribution is 1.21. The van der Waals surface area contributed by atoms with Gasteiger partial charge in [-0.1, -0.05) is 0 Å². The second-order valence-corrected chi connectivity index (χ2v) is 2.74. The first kappa shape index (κ1) is 4.99. The average molecular weight is 137 g/mol. The van der Waals surface area contributed by atoms with Gasteiger partial charge in [0, 0.05) is 11.6 Å². The minimum Gasteiger partial charge on any atom is -0.288 e. The highest BCUT2D eigenvalue weighted by atomic mass is 32.1. The molecule has 45 valence electrons. The van der Waals surface area contributed by atoms with Gasteiger partial charge in [0.15, 0.2) is 4.96 Å². The molecule has 0 amide bonds. The van der Waals surface area contributed by atoms with Crippen LogP contribution in [0.25, 0.3) is 4.96 Å². The zero-order valence-electron chi connectivity index (χ0n) is 4.96. The Balaban J connectivity index is 2.92. The van der Waals surface area contributed by atoms with Gasteiger partial charge >= 0.3 is 0 Å². The first-order valence-electron chi connectivity index (χ1n) is 2.67. The maximum absolute atomic E-state index is 4.22. The Bertz CT molecular complexity index is 292. The van der Waals surface area contributed by atoms with E-state index in [-0.39, 0.29) is 0 Å². The van der Waals surface area contributed by atoms with Crippen molar-refractivity contribution in [3.05, 3.63) is 23.5 Å². The largest absolute Gasteiger partial charge is 0.288 e. The molecule has 0 aliphatic heterocycles. The van der Waals surface area contributed by atoms with E-state index in [1.54, 1.807) is 11.3 Å². The fourth-order valence-electron chi connectivity index (χ4n) is 0.787. The Kier molecular flexibility index (Phi) is 0.873. The van der Waals surface area contributed by atoms with E-state index in [1.165, 1.54) is 0 Å². The Morgan fingerprint density at radius 2 is 2.67 bits per heavy atom. The van der Waals surface area contributed by atoms with Crippen LogP contribution in [0.3, 0.4) is 0 Å². The third-order valence-electron chi connectivity index (χ3n) is 1.15. The summed E-state index contributed by atoms with van der Waals surface area (Å²) in [5.74, 6) is 0. The normalized spacial score (nSPS) is 10.8. The van der Waals surface area contributed by atoms with Gasteiger partial charge in [0.1, 0.15) is 0 Å². The van der Waals surface area contributed by atoms with Gasteiger partial charge in [0.25, 0.3) is 0 Å². The molecule has 2 heterocycles. The van der Waals surface area contributed by atoms with Crippen LogP contribution in [0.4, 0.5) is 0 Å². The van der Waals surface area contributed by atoms with Crippen molar-refractivity contribution in [1.29, 1.82) is 0 Å². The highest BCUT2D eigenvalue weighted by Crippen LogP contribution is 2.09. The molecular formula is C6H5N2S. The quantitative estimate of drug-likeness (QED) is 0.538. The molecule has 2 aromatic rings. The number of imidazole rings is 1. The topological polar surface area (TPSA) is 17.3 Å². The van der Waals surface area contributed by atoms with Gasteiger partial charge in [0.2, 0.25) is 0 Å².